The van der Waals surface area contributed by atoms with Crippen LogP contribution < -0.4 is 5.32 Å². The molecule has 0 aliphatic carbocycles. The monoisotopic (exact) mass is 433 g/mol. The lowest BCUT2D eigenvalue weighted by Gasteiger charge is -2.26. The highest BCUT2D eigenvalue weighted by Crippen LogP contribution is 2.32. The fourth-order valence-corrected chi connectivity index (χ4v) is 6.56. The molecule has 146 valence electrons. The van der Waals surface area contributed by atoms with Gasteiger partial charge in [0.1, 0.15) is 0 Å². The summed E-state index contributed by atoms with van der Waals surface area (Å²) >= 11 is 2.71. The molecular formula is C19H19N3O3S3. The summed E-state index contributed by atoms with van der Waals surface area (Å²) in [6.07, 6.45) is 0.533. The van der Waals surface area contributed by atoms with Crippen LogP contribution in [-0.2, 0) is 23.0 Å². The highest BCUT2D eigenvalue weighted by Gasteiger charge is 2.31. The zero-order chi connectivity index (χ0) is 19.9. The van der Waals surface area contributed by atoms with Crippen molar-refractivity contribution in [2.45, 2.75) is 31.7 Å². The van der Waals surface area contributed by atoms with E-state index in [-0.39, 0.29) is 12.5 Å². The quantitative estimate of drug-likeness (QED) is 0.678. The fourth-order valence-electron chi connectivity index (χ4n) is 3.12. The molecule has 0 saturated heterocycles. The third kappa shape index (κ3) is 3.62. The molecule has 1 aliphatic heterocycles. The van der Waals surface area contributed by atoms with Gasteiger partial charge in [0.25, 0.3) is 5.91 Å². The van der Waals surface area contributed by atoms with Crippen LogP contribution in [-0.4, -0.2) is 30.2 Å². The SMILES string of the molecule is Cc1ccc(C)c(S(=O)(=O)N2CCc3nc(NC(=O)c4cccs4)sc3C2)c1. The maximum absolute atomic E-state index is 13.2. The first-order valence-electron chi connectivity index (χ1n) is 8.75. The van der Waals surface area contributed by atoms with Crippen LogP contribution in [0.3, 0.4) is 0 Å². The van der Waals surface area contributed by atoms with Gasteiger partial charge >= 0.3 is 0 Å². The lowest BCUT2D eigenvalue weighted by Crippen LogP contribution is -2.35. The number of aromatic nitrogens is 1. The van der Waals surface area contributed by atoms with Crippen molar-refractivity contribution in [2.24, 2.45) is 0 Å². The molecule has 0 bridgehead atoms. The van der Waals surface area contributed by atoms with Crippen LogP contribution in [0.4, 0.5) is 5.13 Å². The van der Waals surface area contributed by atoms with Crippen molar-refractivity contribution >= 4 is 43.7 Å². The maximum Gasteiger partial charge on any atom is 0.267 e. The van der Waals surface area contributed by atoms with Crippen LogP contribution >= 0.6 is 22.7 Å². The van der Waals surface area contributed by atoms with E-state index in [1.807, 2.05) is 37.4 Å². The van der Waals surface area contributed by atoms with Crippen molar-refractivity contribution < 1.29 is 13.2 Å². The van der Waals surface area contributed by atoms with E-state index >= 15 is 0 Å². The number of carbonyl (C=O) groups excluding carboxylic acids is 1. The second kappa shape index (κ2) is 7.40. The number of fused-ring (bicyclic) bond motifs is 1. The number of sulfonamides is 1. The third-order valence-electron chi connectivity index (χ3n) is 4.62. The summed E-state index contributed by atoms with van der Waals surface area (Å²) in [5.74, 6) is -0.194. The van der Waals surface area contributed by atoms with E-state index < -0.39 is 10.0 Å². The van der Waals surface area contributed by atoms with E-state index in [9.17, 15) is 13.2 Å². The molecule has 0 atom stereocenters. The molecule has 1 aliphatic rings. The number of hydrogen-bond donors (Lipinski definition) is 1. The predicted octanol–water partition coefficient (Wildman–Crippen LogP) is 3.82. The van der Waals surface area contributed by atoms with Crippen LogP contribution in [0.25, 0.3) is 0 Å². The van der Waals surface area contributed by atoms with Gasteiger partial charge in [0.2, 0.25) is 10.0 Å². The van der Waals surface area contributed by atoms with Gasteiger partial charge in [0.05, 0.1) is 22.0 Å². The minimum Gasteiger partial charge on any atom is -0.297 e. The fraction of sp³-hybridized carbons (Fsp3) is 0.263. The summed E-state index contributed by atoms with van der Waals surface area (Å²) < 4.78 is 27.8. The van der Waals surface area contributed by atoms with Gasteiger partial charge in [-0.15, -0.1) is 22.7 Å². The predicted molar refractivity (Wildman–Crippen MR) is 112 cm³/mol. The van der Waals surface area contributed by atoms with E-state index in [0.717, 1.165) is 21.7 Å². The summed E-state index contributed by atoms with van der Waals surface area (Å²) in [7, 11) is -3.58. The second-order valence-electron chi connectivity index (χ2n) is 6.68. The lowest BCUT2D eigenvalue weighted by molar-refractivity contribution is 0.103. The van der Waals surface area contributed by atoms with Crippen molar-refractivity contribution in [1.82, 2.24) is 9.29 Å². The number of rotatable bonds is 4. The first kappa shape index (κ1) is 19.3. The minimum atomic E-state index is -3.58. The number of nitrogens with one attached hydrogen (secondary N) is 1. The molecule has 3 aromatic rings. The van der Waals surface area contributed by atoms with E-state index in [1.165, 1.54) is 27.0 Å². The van der Waals surface area contributed by atoms with Gasteiger partial charge in [-0.2, -0.15) is 4.31 Å². The standard InChI is InChI=1S/C19H19N3O3S3/c1-12-5-6-13(2)17(10-12)28(24,25)22-8-7-14-16(11-22)27-19(20-14)21-18(23)15-4-3-9-26-15/h3-6,9-10H,7-8,11H2,1-2H3,(H,20,21,23). The molecule has 3 heterocycles. The zero-order valence-corrected chi connectivity index (χ0v) is 17.9. The van der Waals surface area contributed by atoms with Crippen LogP contribution in [0.15, 0.2) is 40.6 Å². The average molecular weight is 434 g/mol. The highest BCUT2D eigenvalue weighted by atomic mass is 32.2. The Bertz CT molecular complexity index is 1130. The molecule has 4 rings (SSSR count). The maximum atomic E-state index is 13.2. The summed E-state index contributed by atoms with van der Waals surface area (Å²) in [6.45, 7) is 4.35. The van der Waals surface area contributed by atoms with Gasteiger partial charge in [0.15, 0.2) is 5.13 Å². The largest absolute Gasteiger partial charge is 0.297 e. The number of amides is 1. The molecule has 9 heteroatoms. The van der Waals surface area contributed by atoms with Crippen LogP contribution in [0.5, 0.6) is 0 Å². The summed E-state index contributed by atoms with van der Waals surface area (Å²) in [4.78, 5) is 18.6. The number of thiazole rings is 1. The van der Waals surface area contributed by atoms with Gasteiger partial charge in [-0.25, -0.2) is 13.4 Å². The van der Waals surface area contributed by atoms with Gasteiger partial charge in [-0.05, 0) is 42.5 Å². The molecule has 1 N–H and O–H groups in total. The first-order chi connectivity index (χ1) is 13.3. The van der Waals surface area contributed by atoms with E-state index in [1.54, 1.807) is 12.1 Å². The van der Waals surface area contributed by atoms with Crippen molar-refractivity contribution in [1.29, 1.82) is 0 Å². The summed E-state index contributed by atoms with van der Waals surface area (Å²) in [5, 5.41) is 5.17. The van der Waals surface area contributed by atoms with Crippen molar-refractivity contribution in [2.75, 3.05) is 11.9 Å². The Morgan fingerprint density at radius 1 is 1.25 bits per heavy atom. The minimum absolute atomic E-state index is 0.194. The first-order valence-corrected chi connectivity index (χ1v) is 11.9. The van der Waals surface area contributed by atoms with Gasteiger partial charge < -0.3 is 0 Å². The summed E-state index contributed by atoms with van der Waals surface area (Å²) in [5.41, 5.74) is 2.52. The number of anilines is 1. The molecule has 0 fully saturated rings. The molecule has 0 radical (unpaired) electrons. The Hall–Kier alpha value is -2.07. The van der Waals surface area contributed by atoms with Gasteiger partial charge in [-0.1, -0.05) is 18.2 Å². The van der Waals surface area contributed by atoms with E-state index in [4.69, 9.17) is 0 Å². The second-order valence-corrected chi connectivity index (χ2v) is 10.6. The average Bonchev–Trinajstić information content (AvgIpc) is 3.32. The molecule has 2 aromatic heterocycles. The lowest BCUT2D eigenvalue weighted by atomic mass is 10.2. The van der Waals surface area contributed by atoms with Crippen LogP contribution in [0.1, 0.15) is 31.4 Å². The number of aryl methyl sites for hydroxylation is 2. The molecule has 0 saturated carbocycles. The van der Waals surface area contributed by atoms with Crippen molar-refractivity contribution in [3.8, 4) is 0 Å². The van der Waals surface area contributed by atoms with Crippen LogP contribution in [0.2, 0.25) is 0 Å². The number of benzene rings is 1. The van der Waals surface area contributed by atoms with Gasteiger partial charge in [-0.3, -0.25) is 10.1 Å². The molecule has 0 unspecified atom stereocenters. The number of carbonyl (C=O) groups is 1. The molecule has 1 amide bonds. The summed E-state index contributed by atoms with van der Waals surface area (Å²) in [6, 6.07) is 9.05. The highest BCUT2D eigenvalue weighted by molar-refractivity contribution is 7.89. The van der Waals surface area contributed by atoms with Crippen molar-refractivity contribution in [3.05, 3.63) is 62.3 Å². The third-order valence-corrected chi connectivity index (χ3v) is 8.48. The Morgan fingerprint density at radius 2 is 2.07 bits per heavy atom. The molecule has 28 heavy (non-hydrogen) atoms. The smallest absolute Gasteiger partial charge is 0.267 e. The van der Waals surface area contributed by atoms with Gasteiger partial charge in [0, 0.05) is 17.8 Å². The number of hydrogen-bond acceptors (Lipinski definition) is 6. The Balaban J connectivity index is 1.56. The molecule has 0 spiro atoms. The van der Waals surface area contributed by atoms with E-state index in [2.05, 4.69) is 10.3 Å². The van der Waals surface area contributed by atoms with E-state index in [0.29, 0.717) is 27.9 Å². The normalized spacial score (nSPS) is 14.6. The zero-order valence-electron chi connectivity index (χ0n) is 15.4. The van der Waals surface area contributed by atoms with Crippen molar-refractivity contribution in [3.63, 3.8) is 0 Å². The Kier molecular flexibility index (Phi) is 5.09. The topological polar surface area (TPSA) is 79.4 Å². The number of thiophene rings is 1. The Labute approximate surface area is 171 Å². The molecule has 6 nitrogen and oxygen atoms in total. The van der Waals surface area contributed by atoms with Crippen LogP contribution in [0, 0.1) is 13.8 Å². The molecule has 1 aromatic carbocycles. The number of nitrogens with zero attached hydrogens (tertiary/aromatic N) is 2. The Morgan fingerprint density at radius 3 is 2.82 bits per heavy atom. The molecular weight excluding hydrogens is 414 g/mol.